The Morgan fingerprint density at radius 3 is 2.37 bits per heavy atom. The lowest BCUT2D eigenvalue weighted by atomic mass is 10.1. The Kier molecular flexibility index (Phi) is 4.93. The van der Waals surface area contributed by atoms with Crippen LogP contribution in [0, 0.1) is 0 Å². The number of hydrogen-bond acceptors (Lipinski definition) is 4. The second kappa shape index (κ2) is 6.48. The van der Waals surface area contributed by atoms with Gasteiger partial charge in [0, 0.05) is 19.1 Å². The lowest BCUT2D eigenvalue weighted by Gasteiger charge is -2.30. The molecule has 2 rings (SSSR count). The minimum absolute atomic E-state index is 0.0202. The fourth-order valence-electron chi connectivity index (χ4n) is 3.03. The first-order valence-electron chi connectivity index (χ1n) is 7.54. The second-order valence-corrected chi connectivity index (χ2v) is 5.51. The van der Waals surface area contributed by atoms with Crippen LogP contribution in [-0.2, 0) is 9.59 Å². The summed E-state index contributed by atoms with van der Waals surface area (Å²) in [6.07, 6.45) is 5.58. The molecule has 2 fully saturated rings. The highest BCUT2D eigenvalue weighted by Gasteiger charge is 2.41. The Labute approximate surface area is 115 Å². The van der Waals surface area contributed by atoms with Crippen LogP contribution in [0.5, 0.6) is 0 Å². The van der Waals surface area contributed by atoms with Crippen LogP contribution in [0.3, 0.4) is 0 Å². The first-order valence-corrected chi connectivity index (χ1v) is 7.54. The van der Waals surface area contributed by atoms with Gasteiger partial charge in [0.1, 0.15) is 6.04 Å². The van der Waals surface area contributed by atoms with Crippen LogP contribution in [0.2, 0.25) is 0 Å². The van der Waals surface area contributed by atoms with Crippen molar-refractivity contribution in [3.63, 3.8) is 0 Å². The average Bonchev–Trinajstić information content (AvgIpc) is 2.69. The van der Waals surface area contributed by atoms with Crippen molar-refractivity contribution in [3.8, 4) is 0 Å². The molecule has 0 bridgehead atoms. The van der Waals surface area contributed by atoms with E-state index in [0.717, 1.165) is 38.8 Å². The van der Waals surface area contributed by atoms with Crippen LogP contribution in [0.25, 0.3) is 0 Å². The summed E-state index contributed by atoms with van der Waals surface area (Å²) in [5.41, 5.74) is 3.25. The number of nitrogens with zero attached hydrogens (tertiary/aromatic N) is 2. The van der Waals surface area contributed by atoms with Gasteiger partial charge in [0.25, 0.3) is 0 Å². The average molecular weight is 267 g/mol. The van der Waals surface area contributed by atoms with Crippen molar-refractivity contribution in [3.05, 3.63) is 0 Å². The molecule has 2 heterocycles. The number of imide groups is 1. The fourth-order valence-corrected chi connectivity index (χ4v) is 3.03. The van der Waals surface area contributed by atoms with E-state index in [1.54, 1.807) is 0 Å². The summed E-state index contributed by atoms with van der Waals surface area (Å²) < 4.78 is 0. The lowest BCUT2D eigenvalue weighted by Crippen LogP contribution is -2.51. The van der Waals surface area contributed by atoms with Crippen LogP contribution < -0.4 is 5.43 Å². The van der Waals surface area contributed by atoms with Crippen molar-refractivity contribution in [2.24, 2.45) is 0 Å². The normalized spacial score (nSPS) is 25.6. The summed E-state index contributed by atoms with van der Waals surface area (Å²) in [5, 5.41) is 2.11. The Bertz CT molecular complexity index is 336. The van der Waals surface area contributed by atoms with Gasteiger partial charge in [0.15, 0.2) is 0 Å². The molecule has 0 radical (unpaired) electrons. The highest BCUT2D eigenvalue weighted by atomic mass is 16.2. The number of amides is 2. The maximum atomic E-state index is 12.4. The van der Waals surface area contributed by atoms with Crippen LogP contribution in [0.1, 0.15) is 52.4 Å². The first-order chi connectivity index (χ1) is 9.17. The van der Waals surface area contributed by atoms with Gasteiger partial charge in [-0.1, -0.05) is 20.3 Å². The highest BCUT2D eigenvalue weighted by molar-refractivity contribution is 6.05. The van der Waals surface area contributed by atoms with Gasteiger partial charge in [-0.25, -0.2) is 10.4 Å². The zero-order valence-electron chi connectivity index (χ0n) is 12.0. The van der Waals surface area contributed by atoms with E-state index in [1.165, 1.54) is 11.3 Å². The van der Waals surface area contributed by atoms with Gasteiger partial charge in [0.05, 0.1) is 6.42 Å². The summed E-state index contributed by atoms with van der Waals surface area (Å²) in [5.74, 6) is -0.0579. The van der Waals surface area contributed by atoms with E-state index in [-0.39, 0.29) is 23.9 Å². The summed E-state index contributed by atoms with van der Waals surface area (Å²) in [4.78, 5) is 25.9. The molecule has 0 aromatic rings. The minimum Gasteiger partial charge on any atom is -0.278 e. The Morgan fingerprint density at radius 2 is 1.79 bits per heavy atom. The number of carbonyl (C=O) groups excluding carboxylic acids is 2. The molecular formula is C14H25N3O2. The molecule has 108 valence electrons. The largest absolute Gasteiger partial charge is 0.278 e. The first kappa shape index (κ1) is 14.5. The number of carbonyl (C=O) groups is 2. The van der Waals surface area contributed by atoms with E-state index in [1.807, 2.05) is 13.8 Å². The SMILES string of the molecule is CCC(CC)N1C(=O)CC(NN2CCCCC2)C1=O. The van der Waals surface area contributed by atoms with Crippen LogP contribution in [-0.4, -0.2) is 46.9 Å². The van der Waals surface area contributed by atoms with Crippen molar-refractivity contribution in [1.29, 1.82) is 0 Å². The van der Waals surface area contributed by atoms with Crippen LogP contribution in [0.4, 0.5) is 0 Å². The van der Waals surface area contributed by atoms with Crippen molar-refractivity contribution < 1.29 is 9.59 Å². The van der Waals surface area contributed by atoms with Crippen molar-refractivity contribution in [2.45, 2.75) is 64.5 Å². The molecule has 19 heavy (non-hydrogen) atoms. The predicted octanol–water partition coefficient (Wildman–Crippen LogP) is 1.29. The third-order valence-corrected chi connectivity index (χ3v) is 4.19. The van der Waals surface area contributed by atoms with Crippen molar-refractivity contribution in [2.75, 3.05) is 13.1 Å². The molecule has 0 spiro atoms. The zero-order valence-corrected chi connectivity index (χ0v) is 12.0. The summed E-state index contributed by atoms with van der Waals surface area (Å²) >= 11 is 0. The van der Waals surface area contributed by atoms with Crippen molar-refractivity contribution in [1.82, 2.24) is 15.3 Å². The third-order valence-electron chi connectivity index (χ3n) is 4.19. The maximum absolute atomic E-state index is 12.4. The van der Waals surface area contributed by atoms with E-state index < -0.39 is 0 Å². The molecule has 0 aromatic carbocycles. The molecule has 2 amide bonds. The predicted molar refractivity (Wildman–Crippen MR) is 73.2 cm³/mol. The van der Waals surface area contributed by atoms with Gasteiger partial charge in [0.2, 0.25) is 11.8 Å². The smallest absolute Gasteiger partial charge is 0.248 e. The number of hydrogen-bond donors (Lipinski definition) is 1. The second-order valence-electron chi connectivity index (χ2n) is 5.51. The molecule has 5 nitrogen and oxygen atoms in total. The standard InChI is InChI=1S/C14H25N3O2/c1-3-11(4-2)17-13(18)10-12(14(17)19)15-16-8-6-5-7-9-16/h11-12,15H,3-10H2,1-2H3. The molecule has 0 aliphatic carbocycles. The van der Waals surface area contributed by atoms with Gasteiger partial charge in [-0.3, -0.25) is 14.5 Å². The molecule has 2 aliphatic heterocycles. The zero-order chi connectivity index (χ0) is 13.8. The fraction of sp³-hybridized carbons (Fsp3) is 0.857. The minimum atomic E-state index is -0.341. The molecule has 0 saturated carbocycles. The van der Waals surface area contributed by atoms with E-state index in [2.05, 4.69) is 10.4 Å². The molecule has 1 N–H and O–H groups in total. The van der Waals surface area contributed by atoms with Crippen molar-refractivity contribution >= 4 is 11.8 Å². The number of rotatable bonds is 5. The van der Waals surface area contributed by atoms with E-state index in [9.17, 15) is 9.59 Å². The topological polar surface area (TPSA) is 52.7 Å². The van der Waals surface area contributed by atoms with E-state index in [4.69, 9.17) is 0 Å². The number of nitrogens with one attached hydrogen (secondary N) is 1. The molecule has 0 aromatic heterocycles. The van der Waals surface area contributed by atoms with Gasteiger partial charge >= 0.3 is 0 Å². The molecule has 2 saturated heterocycles. The third kappa shape index (κ3) is 3.15. The van der Waals surface area contributed by atoms with Gasteiger partial charge < -0.3 is 0 Å². The maximum Gasteiger partial charge on any atom is 0.248 e. The molecule has 1 unspecified atom stereocenters. The Morgan fingerprint density at radius 1 is 1.16 bits per heavy atom. The molecule has 1 atom stereocenters. The quantitative estimate of drug-likeness (QED) is 0.763. The number of likely N-dealkylation sites (tertiary alicyclic amines) is 1. The number of piperidine rings is 1. The number of hydrazine groups is 1. The van der Waals surface area contributed by atoms with Gasteiger partial charge in [-0.15, -0.1) is 0 Å². The summed E-state index contributed by atoms with van der Waals surface area (Å²) in [7, 11) is 0. The van der Waals surface area contributed by atoms with Gasteiger partial charge in [-0.2, -0.15) is 0 Å². The Balaban J connectivity index is 1.96. The summed E-state index contributed by atoms with van der Waals surface area (Å²) in [6.45, 7) is 6.01. The lowest BCUT2D eigenvalue weighted by molar-refractivity contribution is -0.142. The summed E-state index contributed by atoms with van der Waals surface area (Å²) in [6, 6.07) is -0.278. The van der Waals surface area contributed by atoms with Gasteiger partial charge in [-0.05, 0) is 25.7 Å². The van der Waals surface area contributed by atoms with Crippen LogP contribution >= 0.6 is 0 Å². The van der Waals surface area contributed by atoms with E-state index >= 15 is 0 Å². The van der Waals surface area contributed by atoms with Crippen LogP contribution in [0.15, 0.2) is 0 Å². The highest BCUT2D eigenvalue weighted by Crippen LogP contribution is 2.21. The molecular weight excluding hydrogens is 242 g/mol. The monoisotopic (exact) mass is 267 g/mol. The Hall–Kier alpha value is -0.940. The molecule has 5 heteroatoms. The molecule has 2 aliphatic rings. The van der Waals surface area contributed by atoms with E-state index in [0.29, 0.717) is 6.42 Å².